The van der Waals surface area contributed by atoms with Gasteiger partial charge in [-0.3, -0.25) is 0 Å². The molecule has 8 rings (SSSR count). The van der Waals surface area contributed by atoms with Crippen molar-refractivity contribution in [3.05, 3.63) is 191 Å². The van der Waals surface area contributed by atoms with Gasteiger partial charge in [-0.25, -0.2) is 0 Å². The first kappa shape index (κ1) is 30.2. The molecule has 0 heteroatoms. The lowest BCUT2D eigenvalue weighted by Crippen LogP contribution is -2.24. The van der Waals surface area contributed by atoms with Gasteiger partial charge in [0, 0.05) is 5.41 Å². The van der Waals surface area contributed by atoms with Gasteiger partial charge in [0.2, 0.25) is 0 Å². The summed E-state index contributed by atoms with van der Waals surface area (Å²) < 4.78 is 0. The van der Waals surface area contributed by atoms with Gasteiger partial charge in [-0.2, -0.15) is 0 Å². The molecule has 0 spiro atoms. The van der Waals surface area contributed by atoms with Crippen LogP contribution in [-0.2, 0) is 12.8 Å². The van der Waals surface area contributed by atoms with Gasteiger partial charge in [-0.05, 0) is 103 Å². The summed E-state index contributed by atoms with van der Waals surface area (Å²) in [5.74, 6) is 0.513. The highest BCUT2D eigenvalue weighted by Gasteiger charge is 2.44. The molecule has 0 amide bonds. The van der Waals surface area contributed by atoms with Crippen molar-refractivity contribution >= 4 is 22.3 Å². The van der Waals surface area contributed by atoms with Crippen LogP contribution in [0.15, 0.2) is 158 Å². The quantitative estimate of drug-likeness (QED) is 0.159. The molecule has 0 heterocycles. The third kappa shape index (κ3) is 5.36. The largest absolute Gasteiger partial charge is 0.0627 e. The van der Waals surface area contributed by atoms with E-state index in [2.05, 4.69) is 178 Å². The summed E-state index contributed by atoms with van der Waals surface area (Å²) >= 11 is 0. The molecular formula is C48H42. The van der Waals surface area contributed by atoms with Crippen LogP contribution in [0.4, 0.5) is 0 Å². The summed E-state index contributed by atoms with van der Waals surface area (Å²) in [4.78, 5) is 0. The van der Waals surface area contributed by atoms with E-state index in [1.54, 1.807) is 0 Å². The maximum atomic E-state index is 2.55. The number of benzene rings is 6. The fourth-order valence-electron chi connectivity index (χ4n) is 8.61. The van der Waals surface area contributed by atoms with Gasteiger partial charge < -0.3 is 0 Å². The highest BCUT2D eigenvalue weighted by Crippen LogP contribution is 2.60. The van der Waals surface area contributed by atoms with Crippen LogP contribution in [0.5, 0.6) is 0 Å². The highest BCUT2D eigenvalue weighted by atomic mass is 14.5. The molecular weight excluding hydrogens is 577 g/mol. The van der Waals surface area contributed by atoms with Gasteiger partial charge in [-0.15, -0.1) is 0 Å². The molecule has 2 aliphatic rings. The Labute approximate surface area is 286 Å². The average Bonchev–Trinajstić information content (AvgIpc) is 3.73. The molecule has 0 saturated carbocycles. The van der Waals surface area contributed by atoms with Crippen molar-refractivity contribution in [1.29, 1.82) is 0 Å². The molecule has 0 fully saturated rings. The smallest absolute Gasteiger partial charge is 0.0195 e. The molecule has 0 atom stereocenters. The van der Waals surface area contributed by atoms with Crippen LogP contribution in [0.1, 0.15) is 60.6 Å². The Balaban J connectivity index is 1.34. The predicted molar refractivity (Wildman–Crippen MR) is 205 cm³/mol. The van der Waals surface area contributed by atoms with E-state index in [0.717, 1.165) is 19.3 Å². The number of fused-ring (bicyclic) bond motifs is 2. The van der Waals surface area contributed by atoms with Crippen LogP contribution in [0.3, 0.4) is 0 Å². The van der Waals surface area contributed by atoms with Crippen molar-refractivity contribution in [2.24, 2.45) is 11.3 Å². The zero-order valence-electron chi connectivity index (χ0n) is 28.2. The minimum absolute atomic E-state index is 0.200. The molecule has 0 aromatic heterocycles. The van der Waals surface area contributed by atoms with Gasteiger partial charge in [0.25, 0.3) is 0 Å². The second-order valence-electron chi connectivity index (χ2n) is 14.2. The van der Waals surface area contributed by atoms with Crippen LogP contribution in [0.2, 0.25) is 0 Å². The lowest BCUT2D eigenvalue weighted by Gasteiger charge is -2.38. The van der Waals surface area contributed by atoms with Crippen molar-refractivity contribution in [1.82, 2.24) is 0 Å². The van der Waals surface area contributed by atoms with E-state index in [9.17, 15) is 0 Å². The number of allylic oxidation sites excluding steroid dienone is 4. The van der Waals surface area contributed by atoms with E-state index in [1.807, 2.05) is 0 Å². The van der Waals surface area contributed by atoms with E-state index in [0.29, 0.717) is 5.92 Å². The number of hydrogen-bond acceptors (Lipinski definition) is 0. The Morgan fingerprint density at radius 1 is 0.417 bits per heavy atom. The average molecular weight is 619 g/mol. The molecule has 6 aromatic carbocycles. The molecule has 0 aliphatic heterocycles. The Bertz CT molecular complexity index is 1990. The normalized spacial score (nSPS) is 14.1. The summed E-state index contributed by atoms with van der Waals surface area (Å²) in [5, 5.41) is 0. The molecule has 234 valence electrons. The molecule has 0 nitrogen and oxygen atoms in total. The van der Waals surface area contributed by atoms with Crippen molar-refractivity contribution in [3.8, 4) is 22.3 Å². The van der Waals surface area contributed by atoms with Crippen LogP contribution in [-0.4, -0.2) is 0 Å². The molecule has 0 unspecified atom stereocenters. The van der Waals surface area contributed by atoms with Gasteiger partial charge in [0.15, 0.2) is 0 Å². The Kier molecular flexibility index (Phi) is 7.81. The molecule has 0 bridgehead atoms. The van der Waals surface area contributed by atoms with Crippen LogP contribution in [0, 0.1) is 11.3 Å². The van der Waals surface area contributed by atoms with E-state index < -0.39 is 0 Å². The molecule has 6 aromatic rings. The molecule has 48 heavy (non-hydrogen) atoms. The molecule has 2 aliphatic carbocycles. The summed E-state index contributed by atoms with van der Waals surface area (Å²) in [5.41, 5.74) is 19.1. The fraction of sp³-hybridized carbons (Fsp3) is 0.167. The van der Waals surface area contributed by atoms with Gasteiger partial charge in [-0.1, -0.05) is 178 Å². The molecule has 0 radical (unpaired) electrons. The minimum atomic E-state index is -0.200. The van der Waals surface area contributed by atoms with Gasteiger partial charge in [0.1, 0.15) is 0 Å². The van der Waals surface area contributed by atoms with Gasteiger partial charge in [0.05, 0.1) is 0 Å². The summed E-state index contributed by atoms with van der Waals surface area (Å²) in [7, 11) is 0. The van der Waals surface area contributed by atoms with E-state index in [4.69, 9.17) is 0 Å². The summed E-state index contributed by atoms with van der Waals surface area (Å²) in [6.07, 6.45) is 2.98. The van der Waals surface area contributed by atoms with Crippen molar-refractivity contribution in [3.63, 3.8) is 0 Å². The van der Waals surface area contributed by atoms with Gasteiger partial charge >= 0.3 is 0 Å². The first-order valence-corrected chi connectivity index (χ1v) is 17.4. The zero-order valence-corrected chi connectivity index (χ0v) is 28.2. The summed E-state index contributed by atoms with van der Waals surface area (Å²) in [6.45, 7) is 7.34. The molecule has 0 saturated heterocycles. The Hall–Kier alpha value is -5.20. The molecule has 0 N–H and O–H groups in total. The summed E-state index contributed by atoms with van der Waals surface area (Å²) in [6, 6.07) is 58.4. The minimum Gasteiger partial charge on any atom is -0.0627 e. The Morgan fingerprint density at radius 3 is 1.15 bits per heavy atom. The maximum absolute atomic E-state index is 2.55. The second kappa shape index (κ2) is 12.4. The van der Waals surface area contributed by atoms with Crippen molar-refractivity contribution in [2.75, 3.05) is 0 Å². The third-order valence-corrected chi connectivity index (χ3v) is 10.5. The van der Waals surface area contributed by atoms with E-state index in [-0.39, 0.29) is 5.41 Å². The lowest BCUT2D eigenvalue weighted by molar-refractivity contribution is 0.437. The van der Waals surface area contributed by atoms with E-state index in [1.165, 1.54) is 77.9 Å². The van der Waals surface area contributed by atoms with Crippen LogP contribution < -0.4 is 0 Å². The monoisotopic (exact) mass is 618 g/mol. The Morgan fingerprint density at radius 2 is 0.750 bits per heavy atom. The fourth-order valence-corrected chi connectivity index (χ4v) is 8.61. The van der Waals surface area contributed by atoms with Crippen molar-refractivity contribution in [2.45, 2.75) is 40.0 Å². The zero-order chi connectivity index (χ0) is 32.7. The van der Waals surface area contributed by atoms with Crippen LogP contribution in [0.25, 0.3) is 44.5 Å². The van der Waals surface area contributed by atoms with Crippen LogP contribution >= 0.6 is 0 Å². The second-order valence-corrected chi connectivity index (χ2v) is 14.2. The predicted octanol–water partition coefficient (Wildman–Crippen LogP) is 12.7. The topological polar surface area (TPSA) is 0 Å². The maximum Gasteiger partial charge on any atom is 0.0195 e. The van der Waals surface area contributed by atoms with Crippen molar-refractivity contribution < 1.29 is 0 Å². The van der Waals surface area contributed by atoms with E-state index >= 15 is 0 Å². The highest BCUT2D eigenvalue weighted by molar-refractivity contribution is 6.10. The third-order valence-electron chi connectivity index (χ3n) is 10.5. The number of hydrogen-bond donors (Lipinski definition) is 0. The first-order valence-electron chi connectivity index (χ1n) is 17.4. The standard InChI is InChI=1S/C48H42/c1-33(2)32-48(3,46-42-20-12-10-18-40(42)30-44(46)38-26-22-36(23-27-38)34-14-6-4-7-15-34)47-43-21-13-11-19-41(43)31-45(47)39-28-24-37(25-29-39)35-16-8-5-9-17-35/h4-29,33H,30-32H2,1-3H3. The number of rotatable bonds is 8. The SMILES string of the molecule is CC(C)CC(C)(C1=C(c2ccc(-c3ccccc3)cc2)Cc2ccccc21)C1=C(c2ccc(-c3ccccc3)cc2)Cc2ccccc21. The first-order chi connectivity index (χ1) is 23.5. The lowest BCUT2D eigenvalue weighted by atomic mass is 9.65.